The Hall–Kier alpha value is -4.49. The zero-order chi connectivity index (χ0) is 29.8. The molecule has 1 unspecified atom stereocenters. The van der Waals surface area contributed by atoms with Crippen molar-refractivity contribution < 1.29 is 0 Å². The van der Waals surface area contributed by atoms with Crippen LogP contribution in [0.4, 0.5) is 5.82 Å². The quantitative estimate of drug-likeness (QED) is 0.229. The van der Waals surface area contributed by atoms with Crippen molar-refractivity contribution >= 4 is 38.7 Å². The highest BCUT2D eigenvalue weighted by Gasteiger charge is 2.25. The molecule has 0 aliphatic heterocycles. The molecule has 3 aromatic heterocycles. The van der Waals surface area contributed by atoms with Gasteiger partial charge in [0, 0.05) is 31.0 Å². The number of nitrogens with zero attached hydrogens (tertiary/aromatic N) is 6. The third-order valence-electron chi connectivity index (χ3n) is 9.17. The van der Waals surface area contributed by atoms with Crippen molar-refractivity contribution in [1.29, 1.82) is 0 Å². The number of para-hydroxylation sites is 2. The van der Waals surface area contributed by atoms with Gasteiger partial charge in [0.05, 0.1) is 22.9 Å². The van der Waals surface area contributed by atoms with E-state index >= 15 is 0 Å². The van der Waals surface area contributed by atoms with Gasteiger partial charge < -0.3 is 15.2 Å². The molecule has 43 heavy (non-hydrogen) atoms. The van der Waals surface area contributed by atoms with E-state index in [0.717, 1.165) is 76.2 Å². The Morgan fingerprint density at radius 1 is 0.977 bits per heavy atom. The van der Waals surface area contributed by atoms with Gasteiger partial charge in [0.25, 0.3) is 0 Å². The van der Waals surface area contributed by atoms with E-state index in [9.17, 15) is 0 Å². The number of nitrogen functional groups attached to an aromatic ring is 1. The summed E-state index contributed by atoms with van der Waals surface area (Å²) in [6, 6.07) is 21.9. The molecule has 7 nitrogen and oxygen atoms in total. The van der Waals surface area contributed by atoms with Crippen LogP contribution in [0.5, 0.6) is 0 Å². The van der Waals surface area contributed by atoms with E-state index in [-0.39, 0.29) is 5.92 Å². The summed E-state index contributed by atoms with van der Waals surface area (Å²) < 4.78 is 4.48. The number of hydrogen-bond acceptors (Lipinski definition) is 5. The van der Waals surface area contributed by atoms with Gasteiger partial charge in [-0.05, 0) is 67.4 Å². The van der Waals surface area contributed by atoms with Gasteiger partial charge in [-0.15, -0.1) is 0 Å². The lowest BCUT2D eigenvalue weighted by Gasteiger charge is -2.28. The smallest absolute Gasteiger partial charge is 0.150 e. The summed E-state index contributed by atoms with van der Waals surface area (Å²) in [5, 5.41) is 2.36. The van der Waals surface area contributed by atoms with Gasteiger partial charge in [-0.2, -0.15) is 0 Å². The third kappa shape index (κ3) is 4.59. The second kappa shape index (κ2) is 10.7. The van der Waals surface area contributed by atoms with Crippen molar-refractivity contribution in [2.24, 2.45) is 7.05 Å². The molecule has 3 heterocycles. The zero-order valence-corrected chi connectivity index (χ0v) is 25.7. The second-order valence-electron chi connectivity index (χ2n) is 12.4. The summed E-state index contributed by atoms with van der Waals surface area (Å²) in [6.45, 7) is 4.41. The van der Waals surface area contributed by atoms with Gasteiger partial charge in [0.2, 0.25) is 0 Å². The van der Waals surface area contributed by atoms with Crippen molar-refractivity contribution in [3.8, 4) is 11.3 Å². The molecular weight excluding hydrogens is 530 g/mol. The summed E-state index contributed by atoms with van der Waals surface area (Å²) in [5.74, 6) is 2.78. The van der Waals surface area contributed by atoms with Crippen LogP contribution < -0.4 is 5.73 Å². The Morgan fingerprint density at radius 3 is 2.47 bits per heavy atom. The van der Waals surface area contributed by atoms with Crippen LogP contribution in [0.3, 0.4) is 0 Å². The van der Waals surface area contributed by atoms with Gasteiger partial charge in [0.15, 0.2) is 0 Å². The molecule has 6 aromatic rings. The van der Waals surface area contributed by atoms with Crippen LogP contribution in [0.2, 0.25) is 0 Å². The van der Waals surface area contributed by atoms with Crippen LogP contribution in [-0.4, -0.2) is 49.0 Å². The molecule has 0 bridgehead atoms. The Morgan fingerprint density at radius 2 is 1.74 bits per heavy atom. The van der Waals surface area contributed by atoms with E-state index in [2.05, 4.69) is 110 Å². The molecule has 0 saturated carbocycles. The average molecular weight is 570 g/mol. The normalized spacial score (nSPS) is 15.8. The van der Waals surface area contributed by atoms with E-state index in [0.29, 0.717) is 11.9 Å². The lowest BCUT2D eigenvalue weighted by Crippen LogP contribution is -2.29. The molecule has 0 amide bonds. The molecule has 1 atom stereocenters. The number of hydrogen-bond donors (Lipinski definition) is 1. The first-order chi connectivity index (χ1) is 20.8. The SMILES string of the molecule is CC(C)c1nc(-c2ccc(Cc3nc4ccccc4n3C)c3ccccc23)c2c(N)ncc(C3=CCC(N(C)C)CC3)n12. The molecule has 0 fully saturated rings. The maximum Gasteiger partial charge on any atom is 0.150 e. The van der Waals surface area contributed by atoms with Crippen molar-refractivity contribution in [2.45, 2.75) is 51.5 Å². The number of nitrogens with two attached hydrogens (primary N) is 1. The van der Waals surface area contributed by atoms with Crippen LogP contribution in [-0.2, 0) is 13.5 Å². The fourth-order valence-corrected chi connectivity index (χ4v) is 6.74. The van der Waals surface area contributed by atoms with E-state index in [1.807, 2.05) is 12.3 Å². The van der Waals surface area contributed by atoms with Crippen molar-refractivity contribution in [3.05, 3.63) is 95.8 Å². The first-order valence-electron chi connectivity index (χ1n) is 15.3. The molecule has 7 rings (SSSR count). The number of aromatic nitrogens is 5. The number of benzene rings is 3. The standard InChI is InChI=1S/C36H39N7/c1-22(2)36-40-33(34-35(37)38-21-31(43(34)36)23-14-17-25(18-15-23)41(3)4)28-19-16-24(26-10-6-7-11-27(26)28)20-32-39-29-12-8-9-13-30(29)42(32)5/h6-14,16,19,21-22,25H,15,17-18,20H2,1-5H3,(H2,37,38). The highest BCUT2D eigenvalue weighted by atomic mass is 15.1. The van der Waals surface area contributed by atoms with Crippen LogP contribution >= 0.6 is 0 Å². The summed E-state index contributed by atoms with van der Waals surface area (Å²) in [5.41, 5.74) is 15.4. The zero-order valence-electron chi connectivity index (χ0n) is 25.7. The summed E-state index contributed by atoms with van der Waals surface area (Å²) >= 11 is 0. The monoisotopic (exact) mass is 569 g/mol. The minimum Gasteiger partial charge on any atom is -0.382 e. The number of fused-ring (bicyclic) bond motifs is 3. The first-order valence-corrected chi connectivity index (χ1v) is 15.3. The molecule has 7 heteroatoms. The Labute approximate surface area is 252 Å². The van der Waals surface area contributed by atoms with Crippen LogP contribution in [0.25, 0.3) is 44.2 Å². The maximum atomic E-state index is 6.69. The fraction of sp³-hybridized carbons (Fsp3) is 0.306. The topological polar surface area (TPSA) is 77.3 Å². The maximum absolute atomic E-state index is 6.69. The molecule has 0 spiro atoms. The van der Waals surface area contributed by atoms with Gasteiger partial charge in [-0.25, -0.2) is 15.0 Å². The predicted octanol–water partition coefficient (Wildman–Crippen LogP) is 7.23. The lowest BCUT2D eigenvalue weighted by molar-refractivity contribution is 0.277. The van der Waals surface area contributed by atoms with Gasteiger partial charge in [0.1, 0.15) is 28.7 Å². The highest BCUT2D eigenvalue weighted by molar-refractivity contribution is 6.02. The number of anilines is 1. The Balaban J connectivity index is 1.39. The number of rotatable bonds is 6. The van der Waals surface area contributed by atoms with Gasteiger partial charge in [-0.3, -0.25) is 4.40 Å². The van der Waals surface area contributed by atoms with Crippen molar-refractivity contribution in [1.82, 2.24) is 28.8 Å². The first kappa shape index (κ1) is 27.3. The van der Waals surface area contributed by atoms with Crippen LogP contribution in [0.1, 0.15) is 61.9 Å². The molecule has 1 aliphatic rings. The fourth-order valence-electron chi connectivity index (χ4n) is 6.74. The average Bonchev–Trinajstić information content (AvgIpc) is 3.57. The van der Waals surface area contributed by atoms with Gasteiger partial charge >= 0.3 is 0 Å². The molecular formula is C36H39N7. The highest BCUT2D eigenvalue weighted by Crippen LogP contribution is 2.39. The van der Waals surface area contributed by atoms with Crippen molar-refractivity contribution in [2.75, 3.05) is 19.8 Å². The van der Waals surface area contributed by atoms with Crippen molar-refractivity contribution in [3.63, 3.8) is 0 Å². The third-order valence-corrected chi connectivity index (χ3v) is 9.17. The Bertz CT molecular complexity index is 2020. The summed E-state index contributed by atoms with van der Waals surface area (Å²) in [6.07, 6.45) is 8.23. The number of imidazole rings is 2. The summed E-state index contributed by atoms with van der Waals surface area (Å²) in [4.78, 5) is 17.3. The van der Waals surface area contributed by atoms with E-state index in [1.54, 1.807) is 0 Å². The Kier molecular flexibility index (Phi) is 6.78. The largest absolute Gasteiger partial charge is 0.382 e. The lowest BCUT2D eigenvalue weighted by atomic mass is 9.92. The van der Waals surface area contributed by atoms with Crippen LogP contribution in [0, 0.1) is 0 Å². The molecule has 1 aliphatic carbocycles. The number of aryl methyl sites for hydroxylation is 1. The van der Waals surface area contributed by atoms with Gasteiger partial charge in [-0.1, -0.05) is 68.5 Å². The molecule has 2 N–H and O–H groups in total. The van der Waals surface area contributed by atoms with E-state index in [1.165, 1.54) is 16.5 Å². The minimum absolute atomic E-state index is 0.212. The summed E-state index contributed by atoms with van der Waals surface area (Å²) in [7, 11) is 6.43. The second-order valence-corrected chi connectivity index (χ2v) is 12.4. The molecule has 218 valence electrons. The molecule has 0 radical (unpaired) electrons. The van der Waals surface area contributed by atoms with E-state index < -0.39 is 0 Å². The number of allylic oxidation sites excluding steroid dienone is 1. The minimum atomic E-state index is 0.212. The predicted molar refractivity (Wildman–Crippen MR) is 177 cm³/mol. The van der Waals surface area contributed by atoms with Crippen LogP contribution in [0.15, 0.2) is 72.9 Å². The van der Waals surface area contributed by atoms with E-state index in [4.69, 9.17) is 20.7 Å². The molecule has 0 saturated heterocycles. The molecule has 3 aromatic carbocycles.